The van der Waals surface area contributed by atoms with Crippen LogP contribution in [-0.2, 0) is 4.74 Å². The van der Waals surface area contributed by atoms with Gasteiger partial charge >= 0.3 is 0 Å². The Labute approximate surface area is 120 Å². The second-order valence-electron chi connectivity index (χ2n) is 6.39. The maximum absolute atomic E-state index is 9.88. The van der Waals surface area contributed by atoms with Gasteiger partial charge in [-0.25, -0.2) is 0 Å². The minimum atomic E-state index is -0.199. The standard InChI is InChI=1S/C16H24N2O2/c1-16(2)14(11-15(16)19)17-12-5-3-4-6-13(12)18-7-9-20-10-8-18/h3-6,14-15,17,19H,7-11H2,1-2H3. The first-order valence-corrected chi connectivity index (χ1v) is 7.45. The molecule has 0 amide bonds. The highest BCUT2D eigenvalue weighted by Gasteiger charge is 2.47. The molecule has 0 spiro atoms. The van der Waals surface area contributed by atoms with Gasteiger partial charge in [-0.2, -0.15) is 0 Å². The molecule has 2 atom stereocenters. The normalized spacial score (nSPS) is 28.9. The van der Waals surface area contributed by atoms with Crippen LogP contribution in [0.15, 0.2) is 24.3 Å². The van der Waals surface area contributed by atoms with Gasteiger partial charge in [0, 0.05) is 24.5 Å². The number of anilines is 2. The number of aliphatic hydroxyl groups excluding tert-OH is 1. The van der Waals surface area contributed by atoms with E-state index in [0.717, 1.165) is 32.7 Å². The molecular weight excluding hydrogens is 252 g/mol. The molecule has 0 aromatic heterocycles. The van der Waals surface area contributed by atoms with Gasteiger partial charge in [-0.3, -0.25) is 0 Å². The fourth-order valence-corrected chi connectivity index (χ4v) is 3.01. The molecule has 1 saturated carbocycles. The Balaban J connectivity index is 1.76. The zero-order chi connectivity index (χ0) is 14.2. The molecule has 1 aromatic rings. The van der Waals surface area contributed by atoms with Crippen molar-refractivity contribution in [1.29, 1.82) is 0 Å². The minimum Gasteiger partial charge on any atom is -0.392 e. The first kappa shape index (κ1) is 13.7. The molecule has 2 N–H and O–H groups in total. The van der Waals surface area contributed by atoms with E-state index in [-0.39, 0.29) is 11.5 Å². The van der Waals surface area contributed by atoms with Crippen molar-refractivity contribution in [2.24, 2.45) is 5.41 Å². The van der Waals surface area contributed by atoms with Crippen LogP contribution in [0, 0.1) is 5.41 Å². The van der Waals surface area contributed by atoms with E-state index in [0.29, 0.717) is 6.04 Å². The molecule has 20 heavy (non-hydrogen) atoms. The molecule has 0 bridgehead atoms. The van der Waals surface area contributed by atoms with Gasteiger partial charge in [0.2, 0.25) is 0 Å². The van der Waals surface area contributed by atoms with Crippen LogP contribution in [0.5, 0.6) is 0 Å². The van der Waals surface area contributed by atoms with Crippen molar-refractivity contribution in [1.82, 2.24) is 0 Å². The number of benzene rings is 1. The van der Waals surface area contributed by atoms with Crippen LogP contribution in [0.4, 0.5) is 11.4 Å². The van der Waals surface area contributed by atoms with Crippen LogP contribution in [0.3, 0.4) is 0 Å². The van der Waals surface area contributed by atoms with Crippen molar-refractivity contribution in [3.05, 3.63) is 24.3 Å². The van der Waals surface area contributed by atoms with Crippen molar-refractivity contribution in [2.45, 2.75) is 32.4 Å². The van der Waals surface area contributed by atoms with Crippen LogP contribution in [0.2, 0.25) is 0 Å². The number of para-hydroxylation sites is 2. The van der Waals surface area contributed by atoms with Crippen molar-refractivity contribution in [3.63, 3.8) is 0 Å². The Kier molecular flexibility index (Phi) is 3.61. The van der Waals surface area contributed by atoms with E-state index in [1.807, 2.05) is 0 Å². The highest BCUT2D eigenvalue weighted by molar-refractivity contribution is 5.70. The molecule has 4 nitrogen and oxygen atoms in total. The number of hydrogen-bond acceptors (Lipinski definition) is 4. The molecule has 1 aliphatic carbocycles. The number of hydrogen-bond donors (Lipinski definition) is 2. The Morgan fingerprint density at radius 2 is 1.95 bits per heavy atom. The van der Waals surface area contributed by atoms with E-state index in [4.69, 9.17) is 4.74 Å². The summed E-state index contributed by atoms with van der Waals surface area (Å²) in [5.74, 6) is 0. The van der Waals surface area contributed by atoms with Crippen LogP contribution in [0.1, 0.15) is 20.3 Å². The Bertz CT molecular complexity index is 469. The van der Waals surface area contributed by atoms with Crippen molar-refractivity contribution in [2.75, 3.05) is 36.5 Å². The third kappa shape index (κ3) is 2.38. The first-order chi connectivity index (χ1) is 9.59. The summed E-state index contributed by atoms with van der Waals surface area (Å²) in [6, 6.07) is 8.77. The summed E-state index contributed by atoms with van der Waals surface area (Å²) in [4.78, 5) is 2.37. The molecule has 3 rings (SSSR count). The minimum absolute atomic E-state index is 0.0574. The van der Waals surface area contributed by atoms with Crippen molar-refractivity contribution < 1.29 is 9.84 Å². The summed E-state index contributed by atoms with van der Waals surface area (Å²) in [7, 11) is 0. The Morgan fingerprint density at radius 1 is 1.25 bits per heavy atom. The second-order valence-corrected chi connectivity index (χ2v) is 6.39. The van der Waals surface area contributed by atoms with E-state index in [1.165, 1.54) is 11.4 Å². The summed E-state index contributed by atoms with van der Waals surface area (Å²) in [6.45, 7) is 7.71. The maximum Gasteiger partial charge on any atom is 0.0642 e. The van der Waals surface area contributed by atoms with Gasteiger partial charge in [0.1, 0.15) is 0 Å². The van der Waals surface area contributed by atoms with E-state index in [9.17, 15) is 5.11 Å². The van der Waals surface area contributed by atoms with Gasteiger partial charge in [0.15, 0.2) is 0 Å². The Hall–Kier alpha value is -1.26. The molecule has 0 radical (unpaired) electrons. The molecule has 2 aliphatic rings. The quantitative estimate of drug-likeness (QED) is 0.887. The maximum atomic E-state index is 9.88. The second kappa shape index (κ2) is 5.26. The summed E-state index contributed by atoms with van der Waals surface area (Å²) in [6.07, 6.45) is 0.625. The fraction of sp³-hybridized carbons (Fsp3) is 0.625. The lowest BCUT2D eigenvalue weighted by atomic mass is 9.64. The molecule has 2 unspecified atom stereocenters. The Morgan fingerprint density at radius 3 is 2.60 bits per heavy atom. The smallest absolute Gasteiger partial charge is 0.0642 e. The summed E-state index contributed by atoms with van der Waals surface area (Å²) < 4.78 is 5.43. The number of nitrogens with zero attached hydrogens (tertiary/aromatic N) is 1. The predicted octanol–water partition coefficient (Wildman–Crippen LogP) is 2.09. The average molecular weight is 276 g/mol. The number of nitrogens with one attached hydrogen (secondary N) is 1. The lowest BCUT2D eigenvalue weighted by Gasteiger charge is -2.50. The topological polar surface area (TPSA) is 44.7 Å². The molecule has 110 valence electrons. The molecule has 1 aliphatic heterocycles. The third-order valence-electron chi connectivity index (χ3n) is 4.80. The summed E-state index contributed by atoms with van der Waals surface area (Å²) >= 11 is 0. The zero-order valence-corrected chi connectivity index (χ0v) is 12.3. The SMILES string of the molecule is CC1(C)C(O)CC1Nc1ccccc1N1CCOCC1. The van der Waals surface area contributed by atoms with E-state index < -0.39 is 0 Å². The van der Waals surface area contributed by atoms with Crippen molar-refractivity contribution in [3.8, 4) is 0 Å². The lowest BCUT2D eigenvalue weighted by molar-refractivity contribution is -0.0510. The third-order valence-corrected chi connectivity index (χ3v) is 4.80. The van der Waals surface area contributed by atoms with Crippen LogP contribution in [-0.4, -0.2) is 43.6 Å². The molecule has 1 aromatic carbocycles. The molecule has 4 heteroatoms. The number of morpholine rings is 1. The number of rotatable bonds is 3. The highest BCUT2D eigenvalue weighted by atomic mass is 16.5. The summed E-state index contributed by atoms with van der Waals surface area (Å²) in [5, 5.41) is 13.5. The monoisotopic (exact) mass is 276 g/mol. The van der Waals surface area contributed by atoms with E-state index >= 15 is 0 Å². The molecule has 2 fully saturated rings. The highest BCUT2D eigenvalue weighted by Crippen LogP contribution is 2.43. The molecule has 1 saturated heterocycles. The largest absolute Gasteiger partial charge is 0.392 e. The first-order valence-electron chi connectivity index (χ1n) is 7.45. The predicted molar refractivity (Wildman–Crippen MR) is 81.3 cm³/mol. The van der Waals surface area contributed by atoms with Crippen molar-refractivity contribution >= 4 is 11.4 Å². The van der Waals surface area contributed by atoms with Gasteiger partial charge in [0.25, 0.3) is 0 Å². The zero-order valence-electron chi connectivity index (χ0n) is 12.3. The fourth-order valence-electron chi connectivity index (χ4n) is 3.01. The lowest BCUT2D eigenvalue weighted by Crippen LogP contribution is -2.57. The number of aliphatic hydroxyl groups is 1. The van der Waals surface area contributed by atoms with Gasteiger partial charge in [-0.05, 0) is 18.6 Å². The van der Waals surface area contributed by atoms with Gasteiger partial charge < -0.3 is 20.1 Å². The van der Waals surface area contributed by atoms with Gasteiger partial charge in [0.05, 0.1) is 30.7 Å². The summed E-state index contributed by atoms with van der Waals surface area (Å²) in [5.41, 5.74) is 2.35. The van der Waals surface area contributed by atoms with Gasteiger partial charge in [-0.1, -0.05) is 26.0 Å². The van der Waals surface area contributed by atoms with E-state index in [1.54, 1.807) is 0 Å². The molecule has 1 heterocycles. The van der Waals surface area contributed by atoms with Crippen LogP contribution < -0.4 is 10.2 Å². The van der Waals surface area contributed by atoms with Crippen LogP contribution >= 0.6 is 0 Å². The number of ether oxygens (including phenoxy) is 1. The van der Waals surface area contributed by atoms with E-state index in [2.05, 4.69) is 48.3 Å². The average Bonchev–Trinajstić information content (AvgIpc) is 2.48. The molecular formula is C16H24N2O2. The van der Waals surface area contributed by atoms with Crippen LogP contribution in [0.25, 0.3) is 0 Å². The van der Waals surface area contributed by atoms with Gasteiger partial charge in [-0.15, -0.1) is 0 Å².